The van der Waals surface area contributed by atoms with Crippen LogP contribution in [0.25, 0.3) is 0 Å². The average Bonchev–Trinajstić information content (AvgIpc) is 2.91. The Labute approximate surface area is 234 Å². The standard InChI is InChI=1S/C34H43BO4/c1-36-31-5-3-27(13-29(31)33-15-21-7-22(16-33)9-23(8-21)17-33)38-35-39-28-4-6-32(37-2)30(14-28)34-18-24-10-25(19-34)12-26(11-24)20-34/h3-6,13-14,21-26,35H,7-12,15-20H2,1-2H3. The van der Waals surface area contributed by atoms with Gasteiger partial charge in [0.15, 0.2) is 0 Å². The molecule has 0 N–H and O–H groups in total. The van der Waals surface area contributed by atoms with Crippen molar-refractivity contribution >= 4 is 7.69 Å². The molecule has 2 aromatic rings. The summed E-state index contributed by atoms with van der Waals surface area (Å²) >= 11 is 0. The quantitative estimate of drug-likeness (QED) is 0.337. The molecular weight excluding hydrogens is 483 g/mol. The summed E-state index contributed by atoms with van der Waals surface area (Å²) in [6.45, 7) is 0. The van der Waals surface area contributed by atoms with Gasteiger partial charge in [-0.05, 0) is 160 Å². The third-order valence-corrected chi connectivity index (χ3v) is 12.0. The maximum atomic E-state index is 6.25. The smallest absolute Gasteiger partial charge is 0.529 e. The van der Waals surface area contributed by atoms with Crippen LogP contribution in [0.3, 0.4) is 0 Å². The molecule has 5 heteroatoms. The third kappa shape index (κ3) is 4.08. The minimum Gasteiger partial charge on any atom is -0.529 e. The summed E-state index contributed by atoms with van der Waals surface area (Å²) in [5.74, 6) is 9.20. The highest BCUT2D eigenvalue weighted by molar-refractivity contribution is 6.20. The van der Waals surface area contributed by atoms with Crippen LogP contribution in [0.1, 0.15) is 88.2 Å². The maximum Gasteiger partial charge on any atom is 0.576 e. The third-order valence-electron chi connectivity index (χ3n) is 12.0. The highest BCUT2D eigenvalue weighted by Gasteiger charge is 2.53. The number of methoxy groups -OCH3 is 2. The molecule has 8 bridgehead atoms. The summed E-state index contributed by atoms with van der Waals surface area (Å²) in [5, 5.41) is 0. The van der Waals surface area contributed by atoms with Gasteiger partial charge >= 0.3 is 7.69 Å². The molecule has 8 aliphatic rings. The molecule has 0 radical (unpaired) electrons. The lowest BCUT2D eigenvalue weighted by Crippen LogP contribution is -2.48. The van der Waals surface area contributed by atoms with Crippen LogP contribution in [0.5, 0.6) is 23.0 Å². The van der Waals surface area contributed by atoms with Crippen LogP contribution in [0.4, 0.5) is 0 Å². The number of ether oxygens (including phenoxy) is 2. The molecule has 8 aliphatic carbocycles. The molecule has 0 heterocycles. The highest BCUT2D eigenvalue weighted by atomic mass is 16.6. The fraction of sp³-hybridized carbons (Fsp3) is 0.647. The van der Waals surface area contributed by atoms with E-state index in [0.29, 0.717) is 0 Å². The molecule has 0 amide bonds. The molecule has 2 aromatic carbocycles. The lowest BCUT2D eigenvalue weighted by atomic mass is 9.48. The van der Waals surface area contributed by atoms with Gasteiger partial charge in [-0.1, -0.05) is 0 Å². The van der Waals surface area contributed by atoms with E-state index < -0.39 is 0 Å². The summed E-state index contributed by atoms with van der Waals surface area (Å²) in [4.78, 5) is 0. The minimum absolute atomic E-state index is 0.208. The van der Waals surface area contributed by atoms with Crippen LogP contribution >= 0.6 is 0 Å². The first-order valence-corrected chi connectivity index (χ1v) is 15.7. The molecule has 0 unspecified atom stereocenters. The number of hydrogen-bond acceptors (Lipinski definition) is 4. The fourth-order valence-electron chi connectivity index (χ4n) is 11.4. The average molecular weight is 527 g/mol. The Morgan fingerprint density at radius 1 is 0.538 bits per heavy atom. The Hall–Kier alpha value is -2.30. The van der Waals surface area contributed by atoms with Crippen molar-refractivity contribution in [3.63, 3.8) is 0 Å². The molecule has 0 atom stereocenters. The molecule has 8 fully saturated rings. The normalized spacial score (nSPS) is 39.0. The van der Waals surface area contributed by atoms with Gasteiger partial charge in [-0.15, -0.1) is 0 Å². The summed E-state index contributed by atoms with van der Waals surface area (Å²) in [5.41, 5.74) is 3.27. The first-order chi connectivity index (χ1) is 19.0. The van der Waals surface area contributed by atoms with Gasteiger partial charge < -0.3 is 18.8 Å². The molecule has 206 valence electrons. The molecule has 0 saturated heterocycles. The van der Waals surface area contributed by atoms with Crippen LogP contribution in [0, 0.1) is 35.5 Å². The number of benzene rings is 2. The van der Waals surface area contributed by atoms with Gasteiger partial charge in [0, 0.05) is 11.1 Å². The van der Waals surface area contributed by atoms with Crippen molar-refractivity contribution in [2.75, 3.05) is 14.2 Å². The largest absolute Gasteiger partial charge is 0.576 e. The van der Waals surface area contributed by atoms with E-state index in [-0.39, 0.29) is 18.5 Å². The predicted molar refractivity (Wildman–Crippen MR) is 154 cm³/mol. The van der Waals surface area contributed by atoms with Gasteiger partial charge in [0.25, 0.3) is 0 Å². The van der Waals surface area contributed by atoms with Crippen molar-refractivity contribution in [2.45, 2.75) is 87.9 Å². The second-order valence-electron chi connectivity index (χ2n) is 14.5. The number of hydrogen-bond donors (Lipinski definition) is 0. The second-order valence-corrected chi connectivity index (χ2v) is 14.5. The molecule has 0 aliphatic heterocycles. The van der Waals surface area contributed by atoms with Crippen LogP contribution in [0.15, 0.2) is 36.4 Å². The summed E-state index contributed by atoms with van der Waals surface area (Å²) in [7, 11) is 3.83. The summed E-state index contributed by atoms with van der Waals surface area (Å²) < 4.78 is 24.3. The van der Waals surface area contributed by atoms with Crippen LogP contribution in [0.2, 0.25) is 0 Å². The molecule has 8 saturated carbocycles. The molecule has 0 aromatic heterocycles. The summed E-state index contributed by atoms with van der Waals surface area (Å²) in [6.07, 6.45) is 16.5. The van der Waals surface area contributed by atoms with Crippen molar-refractivity contribution in [1.82, 2.24) is 0 Å². The second kappa shape index (κ2) is 9.11. The van der Waals surface area contributed by atoms with E-state index in [1.54, 1.807) is 0 Å². The van der Waals surface area contributed by atoms with Crippen LogP contribution < -0.4 is 18.8 Å². The fourth-order valence-corrected chi connectivity index (χ4v) is 11.4. The van der Waals surface area contributed by atoms with Gasteiger partial charge in [-0.25, -0.2) is 0 Å². The van der Waals surface area contributed by atoms with Gasteiger partial charge in [-0.2, -0.15) is 0 Å². The Bertz CT molecular complexity index is 1090. The molecular formula is C34H43BO4. The van der Waals surface area contributed by atoms with E-state index in [9.17, 15) is 0 Å². The first-order valence-electron chi connectivity index (χ1n) is 15.7. The van der Waals surface area contributed by atoms with E-state index >= 15 is 0 Å². The Morgan fingerprint density at radius 2 is 0.872 bits per heavy atom. The van der Waals surface area contributed by atoms with Crippen LogP contribution in [-0.2, 0) is 10.8 Å². The topological polar surface area (TPSA) is 36.9 Å². The van der Waals surface area contributed by atoms with Gasteiger partial charge in [0.1, 0.15) is 23.0 Å². The van der Waals surface area contributed by atoms with E-state index in [2.05, 4.69) is 24.3 Å². The van der Waals surface area contributed by atoms with Crippen molar-refractivity contribution in [1.29, 1.82) is 0 Å². The maximum absolute atomic E-state index is 6.25. The van der Waals surface area contributed by atoms with Gasteiger partial charge in [-0.3, -0.25) is 0 Å². The predicted octanol–water partition coefficient (Wildman–Crippen LogP) is 7.36. The zero-order chi connectivity index (χ0) is 26.2. The van der Waals surface area contributed by atoms with Gasteiger partial charge in [0.05, 0.1) is 14.2 Å². The van der Waals surface area contributed by atoms with Crippen molar-refractivity contribution in [2.24, 2.45) is 35.5 Å². The van der Waals surface area contributed by atoms with Crippen molar-refractivity contribution in [3.05, 3.63) is 47.5 Å². The Balaban J connectivity index is 1.01. The minimum atomic E-state index is 0.208. The SMILES string of the molecule is COc1ccc(OBOc2ccc(OC)c(C34CC5CC(CC(C5)C3)C4)c2)cc1C12CC3CC(CC(C3)C1)C2. The van der Waals surface area contributed by atoms with Crippen molar-refractivity contribution in [3.8, 4) is 23.0 Å². The van der Waals surface area contributed by atoms with E-state index in [0.717, 1.165) is 58.5 Å². The van der Waals surface area contributed by atoms with Crippen molar-refractivity contribution < 1.29 is 18.8 Å². The lowest BCUT2D eigenvalue weighted by molar-refractivity contribution is -0.00632. The highest BCUT2D eigenvalue weighted by Crippen LogP contribution is 2.63. The van der Waals surface area contributed by atoms with E-state index in [1.807, 2.05) is 26.4 Å². The Kier molecular flexibility index (Phi) is 5.72. The van der Waals surface area contributed by atoms with Crippen LogP contribution in [-0.4, -0.2) is 21.9 Å². The first kappa shape index (κ1) is 24.5. The molecule has 0 spiro atoms. The zero-order valence-corrected chi connectivity index (χ0v) is 23.8. The molecule has 4 nitrogen and oxygen atoms in total. The van der Waals surface area contributed by atoms with E-state index in [4.69, 9.17) is 18.8 Å². The molecule has 10 rings (SSSR count). The number of rotatable bonds is 8. The zero-order valence-electron chi connectivity index (χ0n) is 23.8. The lowest BCUT2D eigenvalue weighted by Gasteiger charge is -2.57. The monoisotopic (exact) mass is 526 g/mol. The van der Waals surface area contributed by atoms with E-state index in [1.165, 1.54) is 88.2 Å². The molecule has 39 heavy (non-hydrogen) atoms. The summed E-state index contributed by atoms with van der Waals surface area (Å²) in [6, 6.07) is 12.8. The van der Waals surface area contributed by atoms with Gasteiger partial charge in [0.2, 0.25) is 0 Å². The Morgan fingerprint density at radius 3 is 1.18 bits per heavy atom.